The smallest absolute Gasteiger partial charge is 0.315 e. The molecule has 5 saturated carbocycles. The minimum absolute atomic E-state index is 0.0105. The van der Waals surface area contributed by atoms with E-state index in [9.17, 15) is 15.2 Å². The van der Waals surface area contributed by atoms with Crippen molar-refractivity contribution in [1.29, 1.82) is 5.26 Å². The highest BCUT2D eigenvalue weighted by Crippen LogP contribution is 2.76. The molecule has 334 valence electrons. The first-order chi connectivity index (χ1) is 28.9. The third-order valence-corrected chi connectivity index (χ3v) is 20.0. The van der Waals surface area contributed by atoms with E-state index in [0.29, 0.717) is 54.6 Å². The number of nitrogens with zero attached hydrogens (tertiary/aromatic N) is 2. The molecular formula is C54H79N3O4. The van der Waals surface area contributed by atoms with Gasteiger partial charge in [-0.15, -0.1) is 0 Å². The highest BCUT2D eigenvalue weighted by atomic mass is 16.5. The molecule has 1 aromatic rings. The number of carbonyl (C=O) groups is 1. The number of allylic oxidation sites excluding steroid dienone is 5. The Morgan fingerprint density at radius 1 is 0.951 bits per heavy atom. The van der Waals surface area contributed by atoms with E-state index in [2.05, 4.69) is 83.6 Å². The highest BCUT2D eigenvalue weighted by Gasteiger charge is 2.70. The lowest BCUT2D eigenvalue weighted by Crippen LogP contribution is -2.68. The second-order valence-corrected chi connectivity index (χ2v) is 23.2. The lowest BCUT2D eigenvalue weighted by molar-refractivity contribution is -0.221. The SMILES string of the molecule is C=C(C)[C@@H]1CC[C@]2(NCC[C@]3(O)CC[C@@H](C)CC3)CC[C@]3(C)[C@H](CC[C@@H]4[C@@]5(C)CC=C(C6=CC[C@@](COc7ncccc7C#N)(C(=O)OCC)CC6)C(C)(C)[C@@H]5CC[C@]43C)[C@@H]12. The molecule has 0 saturated heterocycles. The van der Waals surface area contributed by atoms with Crippen molar-refractivity contribution in [2.45, 2.75) is 176 Å². The summed E-state index contributed by atoms with van der Waals surface area (Å²) in [4.78, 5) is 17.9. The van der Waals surface area contributed by atoms with Crippen LogP contribution in [0.1, 0.15) is 170 Å². The fourth-order valence-corrected chi connectivity index (χ4v) is 16.3. The Morgan fingerprint density at radius 3 is 2.41 bits per heavy atom. The number of hydrogen-bond donors (Lipinski definition) is 2. The van der Waals surface area contributed by atoms with E-state index in [0.717, 1.165) is 57.4 Å². The fourth-order valence-electron chi connectivity index (χ4n) is 16.3. The number of pyridine rings is 1. The van der Waals surface area contributed by atoms with Crippen LogP contribution in [0.25, 0.3) is 0 Å². The summed E-state index contributed by atoms with van der Waals surface area (Å²) in [7, 11) is 0. The minimum Gasteiger partial charge on any atom is -0.475 e. The molecule has 7 nitrogen and oxygen atoms in total. The number of rotatable bonds is 11. The molecule has 61 heavy (non-hydrogen) atoms. The molecule has 5 fully saturated rings. The second-order valence-electron chi connectivity index (χ2n) is 23.2. The summed E-state index contributed by atoms with van der Waals surface area (Å²) < 4.78 is 11.8. The first-order valence-corrected chi connectivity index (χ1v) is 24.6. The van der Waals surface area contributed by atoms with Gasteiger partial charge >= 0.3 is 5.97 Å². The van der Waals surface area contributed by atoms with Crippen LogP contribution in [0.5, 0.6) is 5.88 Å². The van der Waals surface area contributed by atoms with Gasteiger partial charge in [-0.3, -0.25) is 4.79 Å². The predicted molar refractivity (Wildman–Crippen MR) is 243 cm³/mol. The van der Waals surface area contributed by atoms with Gasteiger partial charge in [0.15, 0.2) is 0 Å². The molecule has 1 heterocycles. The Balaban J connectivity index is 1.02. The van der Waals surface area contributed by atoms with E-state index >= 15 is 0 Å². The summed E-state index contributed by atoms with van der Waals surface area (Å²) in [6.07, 6.45) is 25.0. The standard InChI is InChI=1S/C54H79N3O4/c1-10-60-47(58)52(35-61-46-39(34-55)12-11-32-56-46)24-17-38(18-25-52)41-20-22-49(7)43(48(41,5)6)21-23-51(9)44(49)14-13-42-45-40(36(2)3)19-28-54(45,30-29-50(42,51)8)57-33-31-53(59)26-15-37(4)16-27-53/h11-12,17,20,32,37,40,42-45,57,59H,2,10,13-16,18-19,21-31,33,35H2,1,3-9H3/t37-,40-,42+,43-,44+,45+,49-,50+,51+,52+,53+,54-/m0/s1. The van der Waals surface area contributed by atoms with Crippen molar-refractivity contribution in [2.75, 3.05) is 19.8 Å². The average Bonchev–Trinajstić information content (AvgIpc) is 3.62. The Morgan fingerprint density at radius 2 is 1.72 bits per heavy atom. The van der Waals surface area contributed by atoms with Crippen molar-refractivity contribution in [2.24, 2.45) is 62.6 Å². The normalized spacial score (nSPS) is 42.6. The van der Waals surface area contributed by atoms with Gasteiger partial charge < -0.3 is 19.9 Å². The summed E-state index contributed by atoms with van der Waals surface area (Å²) in [5.74, 6) is 3.91. The lowest BCUT2D eigenvalue weighted by Gasteiger charge is -2.72. The van der Waals surface area contributed by atoms with Crippen molar-refractivity contribution >= 4 is 5.97 Å². The number of hydrogen-bond acceptors (Lipinski definition) is 7. The van der Waals surface area contributed by atoms with E-state index in [1.54, 1.807) is 18.3 Å². The molecule has 1 aromatic heterocycles. The number of nitriles is 1. The van der Waals surface area contributed by atoms with Crippen molar-refractivity contribution in [3.63, 3.8) is 0 Å². The molecule has 2 N–H and O–H groups in total. The van der Waals surface area contributed by atoms with Crippen LogP contribution in [-0.4, -0.2) is 47.0 Å². The maximum Gasteiger partial charge on any atom is 0.315 e. The number of carbonyl (C=O) groups excluding carboxylic acids is 1. The van der Waals surface area contributed by atoms with Gasteiger partial charge in [0.05, 0.1) is 12.2 Å². The number of esters is 1. The molecule has 0 aliphatic heterocycles. The van der Waals surface area contributed by atoms with Crippen molar-refractivity contribution in [3.8, 4) is 11.9 Å². The van der Waals surface area contributed by atoms with Gasteiger partial charge in [-0.1, -0.05) is 65.8 Å². The van der Waals surface area contributed by atoms with E-state index in [4.69, 9.17) is 9.47 Å². The molecule has 7 heteroatoms. The second kappa shape index (κ2) is 16.2. The zero-order chi connectivity index (χ0) is 43.6. The van der Waals surface area contributed by atoms with Gasteiger partial charge in [0.2, 0.25) is 5.88 Å². The van der Waals surface area contributed by atoms with Crippen LogP contribution in [0.3, 0.4) is 0 Å². The molecule has 7 aliphatic rings. The first kappa shape index (κ1) is 44.6. The average molecular weight is 834 g/mol. The van der Waals surface area contributed by atoms with E-state index in [-0.39, 0.29) is 45.7 Å². The van der Waals surface area contributed by atoms with Gasteiger partial charge in [-0.25, -0.2) is 4.98 Å². The van der Waals surface area contributed by atoms with E-state index in [1.807, 2.05) is 6.92 Å². The molecule has 8 rings (SSSR count). The molecule has 0 radical (unpaired) electrons. The maximum absolute atomic E-state index is 13.6. The van der Waals surface area contributed by atoms with Gasteiger partial charge in [0, 0.05) is 11.7 Å². The van der Waals surface area contributed by atoms with Crippen LogP contribution in [0.2, 0.25) is 0 Å². The lowest BCUT2D eigenvalue weighted by atomic mass is 9.33. The number of fused-ring (bicyclic) bond motifs is 7. The zero-order valence-corrected chi connectivity index (χ0v) is 39.3. The van der Waals surface area contributed by atoms with Crippen molar-refractivity contribution in [1.82, 2.24) is 10.3 Å². The Kier molecular flexibility index (Phi) is 11.9. The molecule has 0 aromatic carbocycles. The van der Waals surface area contributed by atoms with Crippen LogP contribution < -0.4 is 10.1 Å². The molecule has 0 spiro atoms. The van der Waals surface area contributed by atoms with E-state index in [1.165, 1.54) is 68.1 Å². The largest absolute Gasteiger partial charge is 0.475 e. The summed E-state index contributed by atoms with van der Waals surface area (Å²) in [5.41, 5.74) is 4.26. The summed E-state index contributed by atoms with van der Waals surface area (Å²) >= 11 is 0. The maximum atomic E-state index is 13.6. The Bertz CT molecular complexity index is 1950. The molecule has 7 aliphatic carbocycles. The van der Waals surface area contributed by atoms with Gasteiger partial charge in [0.25, 0.3) is 0 Å². The van der Waals surface area contributed by atoms with Crippen molar-refractivity contribution in [3.05, 3.63) is 59.3 Å². The fraction of sp³-hybridized carbons (Fsp3) is 0.759. The first-order valence-electron chi connectivity index (χ1n) is 24.6. The van der Waals surface area contributed by atoms with Crippen LogP contribution in [0, 0.1) is 73.9 Å². The van der Waals surface area contributed by atoms with Crippen LogP contribution >= 0.6 is 0 Å². The molecule has 0 unspecified atom stereocenters. The third kappa shape index (κ3) is 7.29. The number of nitrogens with one attached hydrogen (secondary N) is 1. The number of aliphatic hydroxyl groups is 1. The van der Waals surface area contributed by atoms with Crippen LogP contribution in [-0.2, 0) is 9.53 Å². The summed E-state index contributed by atoms with van der Waals surface area (Å²) in [6, 6.07) is 5.59. The van der Waals surface area contributed by atoms with E-state index < -0.39 is 11.0 Å². The quantitative estimate of drug-likeness (QED) is 0.169. The van der Waals surface area contributed by atoms with Crippen LogP contribution in [0.4, 0.5) is 0 Å². The zero-order valence-electron chi connectivity index (χ0n) is 39.3. The van der Waals surface area contributed by atoms with Gasteiger partial charge in [0.1, 0.15) is 23.7 Å². The van der Waals surface area contributed by atoms with Crippen molar-refractivity contribution < 1.29 is 19.4 Å². The Hall–Kier alpha value is -2.95. The molecule has 10 atom stereocenters. The highest BCUT2D eigenvalue weighted by molar-refractivity contribution is 5.78. The molecule has 0 amide bonds. The van der Waals surface area contributed by atoms with Gasteiger partial charge in [-0.05, 0) is 210 Å². The van der Waals surface area contributed by atoms with Gasteiger partial charge in [-0.2, -0.15) is 5.26 Å². The monoisotopic (exact) mass is 834 g/mol. The minimum atomic E-state index is -0.816. The predicted octanol–water partition coefficient (Wildman–Crippen LogP) is 11.9. The number of aromatic nitrogens is 1. The summed E-state index contributed by atoms with van der Waals surface area (Å²) in [5, 5.41) is 25.5. The third-order valence-electron chi connectivity index (χ3n) is 20.0. The summed E-state index contributed by atoms with van der Waals surface area (Å²) in [6.45, 7) is 25.8. The molecule has 0 bridgehead atoms. The molecular weight excluding hydrogens is 755 g/mol. The number of ether oxygens (including phenoxy) is 2. The Labute approximate surface area is 369 Å². The van der Waals surface area contributed by atoms with Crippen LogP contribution in [0.15, 0.2) is 53.8 Å². The topological polar surface area (TPSA) is 104 Å².